The fourth-order valence-corrected chi connectivity index (χ4v) is 2.45. The maximum Gasteiger partial charge on any atom is 0.000724 e. The quantitative estimate of drug-likeness (QED) is 0.674. The summed E-state index contributed by atoms with van der Waals surface area (Å²) in [6, 6.07) is 0. The zero-order valence-electron chi connectivity index (χ0n) is 9.13. The van der Waals surface area contributed by atoms with Crippen molar-refractivity contribution in [2.75, 3.05) is 26.2 Å². The molecule has 1 rings (SSSR count). The van der Waals surface area contributed by atoms with E-state index in [2.05, 4.69) is 18.7 Å². The molecule has 0 radical (unpaired) electrons. The monoisotopic (exact) mass is 184 g/mol. The number of piperidine rings is 1. The van der Waals surface area contributed by atoms with E-state index in [4.69, 9.17) is 5.73 Å². The lowest BCUT2D eigenvalue weighted by Gasteiger charge is -2.34. The molecule has 0 unspecified atom stereocenters. The molecule has 0 aromatic rings. The van der Waals surface area contributed by atoms with Crippen LogP contribution >= 0.6 is 0 Å². The molecule has 13 heavy (non-hydrogen) atoms. The van der Waals surface area contributed by atoms with Crippen molar-refractivity contribution in [3.63, 3.8) is 0 Å². The highest BCUT2D eigenvalue weighted by molar-refractivity contribution is 4.74. The van der Waals surface area contributed by atoms with Crippen LogP contribution in [0.4, 0.5) is 0 Å². The van der Waals surface area contributed by atoms with Crippen LogP contribution in [-0.2, 0) is 0 Å². The van der Waals surface area contributed by atoms with Crippen molar-refractivity contribution in [3.8, 4) is 0 Å². The summed E-state index contributed by atoms with van der Waals surface area (Å²) in [5.74, 6) is 1.78. The fourth-order valence-electron chi connectivity index (χ4n) is 2.45. The highest BCUT2D eigenvalue weighted by Crippen LogP contribution is 2.20. The summed E-state index contributed by atoms with van der Waals surface area (Å²) in [4.78, 5) is 2.61. The van der Waals surface area contributed by atoms with Crippen LogP contribution in [0.25, 0.3) is 0 Å². The molecule has 0 aromatic carbocycles. The first-order chi connectivity index (χ1) is 6.22. The lowest BCUT2D eigenvalue weighted by molar-refractivity contribution is 0.139. The summed E-state index contributed by atoms with van der Waals surface area (Å²) >= 11 is 0. The largest absolute Gasteiger partial charge is 0.330 e. The van der Waals surface area contributed by atoms with E-state index in [9.17, 15) is 0 Å². The van der Waals surface area contributed by atoms with Crippen LogP contribution < -0.4 is 5.73 Å². The molecule has 2 nitrogen and oxygen atoms in total. The summed E-state index contributed by atoms with van der Waals surface area (Å²) in [6.45, 7) is 9.44. The van der Waals surface area contributed by atoms with E-state index in [1.807, 2.05) is 0 Å². The topological polar surface area (TPSA) is 29.3 Å². The van der Waals surface area contributed by atoms with E-state index in [1.54, 1.807) is 0 Å². The van der Waals surface area contributed by atoms with Crippen LogP contribution in [0.5, 0.6) is 0 Å². The summed E-state index contributed by atoms with van der Waals surface area (Å²) < 4.78 is 0. The Bertz CT molecular complexity index is 126. The normalized spacial score (nSPS) is 30.7. The molecule has 1 aliphatic rings. The third kappa shape index (κ3) is 4.10. The highest BCUT2D eigenvalue weighted by atomic mass is 15.1. The van der Waals surface area contributed by atoms with E-state index in [0.717, 1.165) is 18.4 Å². The average Bonchev–Trinajstić information content (AvgIpc) is 2.03. The second-order valence-corrected chi connectivity index (χ2v) is 4.70. The van der Waals surface area contributed by atoms with Gasteiger partial charge in [-0.25, -0.2) is 0 Å². The minimum Gasteiger partial charge on any atom is -0.330 e. The van der Waals surface area contributed by atoms with E-state index in [0.29, 0.717) is 0 Å². The summed E-state index contributed by atoms with van der Waals surface area (Å²) in [5, 5.41) is 0. The molecule has 1 fully saturated rings. The van der Waals surface area contributed by atoms with Crippen molar-refractivity contribution >= 4 is 0 Å². The molecule has 0 aromatic heterocycles. The van der Waals surface area contributed by atoms with Gasteiger partial charge in [0.2, 0.25) is 0 Å². The highest BCUT2D eigenvalue weighted by Gasteiger charge is 2.20. The van der Waals surface area contributed by atoms with Crippen molar-refractivity contribution < 1.29 is 0 Å². The van der Waals surface area contributed by atoms with Gasteiger partial charge in [0, 0.05) is 13.1 Å². The van der Waals surface area contributed by atoms with Crippen molar-refractivity contribution in [2.24, 2.45) is 17.6 Å². The number of unbranched alkanes of at least 4 members (excludes halogenated alkanes) is 1. The first kappa shape index (κ1) is 11.0. The molecular formula is C11H24N2. The summed E-state index contributed by atoms with van der Waals surface area (Å²) in [6.07, 6.45) is 3.86. The smallest absolute Gasteiger partial charge is 0.000724 e. The van der Waals surface area contributed by atoms with Crippen LogP contribution in [0.3, 0.4) is 0 Å². The van der Waals surface area contributed by atoms with Gasteiger partial charge in [-0.3, -0.25) is 0 Å². The van der Waals surface area contributed by atoms with Crippen molar-refractivity contribution in [1.29, 1.82) is 0 Å². The zero-order valence-corrected chi connectivity index (χ0v) is 9.13. The minimum absolute atomic E-state index is 0.846. The van der Waals surface area contributed by atoms with Gasteiger partial charge in [0.05, 0.1) is 0 Å². The molecule has 0 amide bonds. The number of hydrogen-bond donors (Lipinski definition) is 1. The molecule has 2 heteroatoms. The minimum atomic E-state index is 0.846. The Morgan fingerprint density at radius 2 is 1.77 bits per heavy atom. The van der Waals surface area contributed by atoms with Gasteiger partial charge in [-0.05, 0) is 44.2 Å². The second kappa shape index (κ2) is 5.61. The zero-order chi connectivity index (χ0) is 9.68. The van der Waals surface area contributed by atoms with Crippen molar-refractivity contribution in [2.45, 2.75) is 33.1 Å². The molecule has 78 valence electrons. The fraction of sp³-hybridized carbons (Fsp3) is 1.00. The lowest BCUT2D eigenvalue weighted by atomic mass is 9.92. The Kier molecular flexibility index (Phi) is 4.74. The number of hydrogen-bond acceptors (Lipinski definition) is 2. The summed E-state index contributed by atoms with van der Waals surface area (Å²) in [7, 11) is 0. The number of rotatable bonds is 4. The standard InChI is InChI=1S/C11H24N2/c1-10-7-11(2)9-13(8-10)6-4-3-5-12/h10-11H,3-9,12H2,1-2H3/t10-,11-/m1/s1. The maximum atomic E-state index is 5.48. The molecule has 2 atom stereocenters. The molecule has 0 spiro atoms. The summed E-state index contributed by atoms with van der Waals surface area (Å²) in [5.41, 5.74) is 5.48. The Morgan fingerprint density at radius 3 is 2.31 bits per heavy atom. The van der Waals surface area contributed by atoms with Gasteiger partial charge in [0.1, 0.15) is 0 Å². The van der Waals surface area contributed by atoms with Crippen LogP contribution in [0.1, 0.15) is 33.1 Å². The molecule has 0 aliphatic carbocycles. The first-order valence-corrected chi connectivity index (χ1v) is 5.64. The predicted octanol–water partition coefficient (Wildman–Crippen LogP) is 1.70. The van der Waals surface area contributed by atoms with Crippen LogP contribution in [0.15, 0.2) is 0 Å². The number of nitrogens with two attached hydrogens (primary N) is 1. The number of likely N-dealkylation sites (tertiary alicyclic amines) is 1. The van der Waals surface area contributed by atoms with E-state index in [-0.39, 0.29) is 0 Å². The molecule has 0 bridgehead atoms. The van der Waals surface area contributed by atoms with Crippen LogP contribution in [-0.4, -0.2) is 31.1 Å². The molecule has 2 N–H and O–H groups in total. The van der Waals surface area contributed by atoms with E-state index < -0.39 is 0 Å². The van der Waals surface area contributed by atoms with E-state index >= 15 is 0 Å². The molecule has 1 aliphatic heterocycles. The Balaban J connectivity index is 2.17. The lowest BCUT2D eigenvalue weighted by Crippen LogP contribution is -2.39. The van der Waals surface area contributed by atoms with Gasteiger partial charge in [-0.15, -0.1) is 0 Å². The number of nitrogens with zero attached hydrogens (tertiary/aromatic N) is 1. The second-order valence-electron chi connectivity index (χ2n) is 4.70. The Hall–Kier alpha value is -0.0800. The van der Waals surface area contributed by atoms with Gasteiger partial charge >= 0.3 is 0 Å². The molecule has 0 saturated carbocycles. The first-order valence-electron chi connectivity index (χ1n) is 5.64. The van der Waals surface area contributed by atoms with Gasteiger partial charge in [0.15, 0.2) is 0 Å². The molecule has 1 saturated heterocycles. The average molecular weight is 184 g/mol. The molecular weight excluding hydrogens is 160 g/mol. The van der Waals surface area contributed by atoms with Gasteiger partial charge in [-0.2, -0.15) is 0 Å². The van der Waals surface area contributed by atoms with Crippen LogP contribution in [0, 0.1) is 11.8 Å². The third-order valence-corrected chi connectivity index (χ3v) is 2.87. The Morgan fingerprint density at radius 1 is 1.15 bits per heavy atom. The van der Waals surface area contributed by atoms with Crippen molar-refractivity contribution in [3.05, 3.63) is 0 Å². The van der Waals surface area contributed by atoms with Gasteiger partial charge in [0.25, 0.3) is 0 Å². The Labute approximate surface area is 82.5 Å². The van der Waals surface area contributed by atoms with E-state index in [1.165, 1.54) is 38.9 Å². The molecule has 1 heterocycles. The van der Waals surface area contributed by atoms with Gasteiger partial charge in [-0.1, -0.05) is 13.8 Å². The van der Waals surface area contributed by atoms with Gasteiger partial charge < -0.3 is 10.6 Å². The van der Waals surface area contributed by atoms with Crippen molar-refractivity contribution in [1.82, 2.24) is 4.90 Å². The maximum absolute atomic E-state index is 5.48. The third-order valence-electron chi connectivity index (χ3n) is 2.87. The predicted molar refractivity (Wildman–Crippen MR) is 57.7 cm³/mol. The van der Waals surface area contributed by atoms with Crippen LogP contribution in [0.2, 0.25) is 0 Å². The SMILES string of the molecule is C[C@@H]1C[C@@H](C)CN(CCCCN)C1.